The van der Waals surface area contributed by atoms with Gasteiger partial charge < -0.3 is 10.4 Å². The summed E-state index contributed by atoms with van der Waals surface area (Å²) in [6.45, 7) is 2.35. The molecule has 20 heavy (non-hydrogen) atoms. The molecule has 0 saturated heterocycles. The summed E-state index contributed by atoms with van der Waals surface area (Å²) >= 11 is 0. The topological polar surface area (TPSA) is 79.3 Å². The van der Waals surface area contributed by atoms with Gasteiger partial charge in [-0.2, -0.15) is 0 Å². The molecule has 6 heteroatoms. The lowest BCUT2D eigenvalue weighted by atomic mass is 10.2. The zero-order chi connectivity index (χ0) is 14.8. The second-order valence-corrected chi connectivity index (χ2v) is 6.63. The second-order valence-electron chi connectivity index (χ2n) is 4.61. The summed E-state index contributed by atoms with van der Waals surface area (Å²) in [5.74, 6) is 0.115. The molecule has 0 radical (unpaired) electrons. The van der Waals surface area contributed by atoms with Crippen LogP contribution in [0.1, 0.15) is 11.3 Å². The Bertz CT molecular complexity index is 710. The van der Waals surface area contributed by atoms with Gasteiger partial charge in [0.25, 0.3) is 0 Å². The van der Waals surface area contributed by atoms with Crippen molar-refractivity contribution in [1.29, 1.82) is 0 Å². The van der Waals surface area contributed by atoms with E-state index in [2.05, 4.69) is 10.3 Å². The lowest BCUT2D eigenvalue weighted by Crippen LogP contribution is -2.04. The van der Waals surface area contributed by atoms with Crippen LogP contribution in [0, 0.1) is 6.92 Å². The van der Waals surface area contributed by atoms with E-state index in [0.717, 1.165) is 16.9 Å². The predicted octanol–water partition coefficient (Wildman–Crippen LogP) is 2.11. The summed E-state index contributed by atoms with van der Waals surface area (Å²) < 4.78 is 23.1. The lowest BCUT2D eigenvalue weighted by molar-refractivity contribution is 0.472. The van der Waals surface area contributed by atoms with E-state index in [0.29, 0.717) is 6.54 Å². The second kappa shape index (κ2) is 5.50. The van der Waals surface area contributed by atoms with Crippen LogP contribution in [-0.4, -0.2) is 24.8 Å². The van der Waals surface area contributed by atoms with Crippen molar-refractivity contribution in [2.45, 2.75) is 18.4 Å². The smallest absolute Gasteiger partial charge is 0.175 e. The van der Waals surface area contributed by atoms with Gasteiger partial charge in [0.2, 0.25) is 0 Å². The molecule has 0 spiro atoms. The molecule has 2 aromatic rings. The molecule has 1 aromatic heterocycles. The van der Waals surface area contributed by atoms with E-state index in [1.165, 1.54) is 12.5 Å². The molecule has 2 N–H and O–H groups in total. The van der Waals surface area contributed by atoms with E-state index in [1.807, 2.05) is 6.92 Å². The Kier molecular flexibility index (Phi) is 3.94. The van der Waals surface area contributed by atoms with E-state index >= 15 is 0 Å². The predicted molar refractivity (Wildman–Crippen MR) is 77.5 cm³/mol. The summed E-state index contributed by atoms with van der Waals surface area (Å²) in [4.78, 5) is 4.35. The van der Waals surface area contributed by atoms with Gasteiger partial charge in [-0.1, -0.05) is 6.07 Å². The first-order valence-corrected chi connectivity index (χ1v) is 7.94. The van der Waals surface area contributed by atoms with Crippen molar-refractivity contribution in [3.8, 4) is 5.75 Å². The fourth-order valence-corrected chi connectivity index (χ4v) is 2.38. The number of pyridine rings is 1. The molecule has 0 fully saturated rings. The van der Waals surface area contributed by atoms with Crippen molar-refractivity contribution >= 4 is 15.5 Å². The third kappa shape index (κ3) is 3.48. The van der Waals surface area contributed by atoms with Crippen LogP contribution >= 0.6 is 0 Å². The molecule has 2 rings (SSSR count). The van der Waals surface area contributed by atoms with Gasteiger partial charge in [-0.15, -0.1) is 0 Å². The van der Waals surface area contributed by atoms with Crippen LogP contribution in [0.15, 0.2) is 41.4 Å². The molecule has 0 saturated carbocycles. The number of hydrogen-bond donors (Lipinski definition) is 2. The van der Waals surface area contributed by atoms with Crippen LogP contribution in [-0.2, 0) is 16.4 Å². The van der Waals surface area contributed by atoms with Crippen LogP contribution in [0.5, 0.6) is 5.75 Å². The highest BCUT2D eigenvalue weighted by Crippen LogP contribution is 2.20. The van der Waals surface area contributed by atoms with Gasteiger partial charge in [-0.25, -0.2) is 8.42 Å². The van der Waals surface area contributed by atoms with Crippen LogP contribution < -0.4 is 5.32 Å². The lowest BCUT2D eigenvalue weighted by Gasteiger charge is -2.10. The molecule has 1 heterocycles. The highest BCUT2D eigenvalue weighted by molar-refractivity contribution is 7.90. The monoisotopic (exact) mass is 292 g/mol. The molecule has 0 aliphatic heterocycles. The highest BCUT2D eigenvalue weighted by Gasteiger charge is 2.09. The third-order valence-electron chi connectivity index (χ3n) is 2.91. The van der Waals surface area contributed by atoms with Crippen molar-refractivity contribution in [3.05, 3.63) is 47.8 Å². The van der Waals surface area contributed by atoms with Crippen molar-refractivity contribution < 1.29 is 13.5 Å². The number of sulfone groups is 1. The molecule has 0 aliphatic carbocycles. The van der Waals surface area contributed by atoms with Gasteiger partial charge in [-0.3, -0.25) is 4.98 Å². The van der Waals surface area contributed by atoms with Gasteiger partial charge >= 0.3 is 0 Å². The minimum absolute atomic E-state index is 0.115. The summed E-state index contributed by atoms with van der Waals surface area (Å²) in [7, 11) is -3.22. The molecule has 0 atom stereocenters. The number of nitrogens with zero attached hydrogens (tertiary/aromatic N) is 1. The number of aromatic nitrogens is 1. The van der Waals surface area contributed by atoms with Crippen LogP contribution in [0.3, 0.4) is 0 Å². The molecule has 0 bridgehead atoms. The van der Waals surface area contributed by atoms with E-state index < -0.39 is 9.84 Å². The number of aryl methyl sites for hydroxylation is 1. The van der Waals surface area contributed by atoms with Gasteiger partial charge in [0.05, 0.1) is 23.3 Å². The summed E-state index contributed by atoms with van der Waals surface area (Å²) in [6, 6.07) is 8.24. The maximum absolute atomic E-state index is 11.5. The Hall–Kier alpha value is -2.08. The summed E-state index contributed by atoms with van der Waals surface area (Å²) in [6.07, 6.45) is 2.56. The Labute approximate surface area is 118 Å². The first-order chi connectivity index (χ1) is 9.36. The quantitative estimate of drug-likeness (QED) is 0.902. The van der Waals surface area contributed by atoms with Crippen molar-refractivity contribution in [2.75, 3.05) is 11.6 Å². The Morgan fingerprint density at radius 2 is 2.00 bits per heavy atom. The van der Waals surface area contributed by atoms with E-state index in [1.54, 1.807) is 30.3 Å². The van der Waals surface area contributed by atoms with Crippen molar-refractivity contribution in [2.24, 2.45) is 0 Å². The average molecular weight is 292 g/mol. The maximum atomic E-state index is 11.5. The molecule has 0 amide bonds. The maximum Gasteiger partial charge on any atom is 0.175 e. The molecular formula is C14H16N2O3S. The van der Waals surface area contributed by atoms with Crippen LogP contribution in [0.4, 0.5) is 5.69 Å². The van der Waals surface area contributed by atoms with Crippen molar-refractivity contribution in [3.63, 3.8) is 0 Å². The molecule has 5 nitrogen and oxygen atoms in total. The average Bonchev–Trinajstić information content (AvgIpc) is 2.38. The molecule has 1 aromatic carbocycles. The van der Waals surface area contributed by atoms with Crippen molar-refractivity contribution in [1.82, 2.24) is 4.98 Å². The Balaban J connectivity index is 2.19. The number of rotatable bonds is 4. The first-order valence-electron chi connectivity index (χ1n) is 6.05. The third-order valence-corrected chi connectivity index (χ3v) is 4.02. The van der Waals surface area contributed by atoms with Gasteiger partial charge in [-0.05, 0) is 36.8 Å². The van der Waals surface area contributed by atoms with Gasteiger partial charge in [0.1, 0.15) is 5.75 Å². The van der Waals surface area contributed by atoms with E-state index in [9.17, 15) is 8.42 Å². The minimum Gasteiger partial charge on any atom is -0.506 e. The van der Waals surface area contributed by atoms with Crippen LogP contribution in [0.2, 0.25) is 0 Å². The zero-order valence-corrected chi connectivity index (χ0v) is 12.1. The Morgan fingerprint density at radius 3 is 2.60 bits per heavy atom. The SMILES string of the molecule is Cc1ccc(S(C)(=O)=O)cc1NCc1ccc(O)cn1. The van der Waals surface area contributed by atoms with Gasteiger partial charge in [0, 0.05) is 11.9 Å². The standard InChI is InChI=1S/C14H16N2O3S/c1-10-3-6-13(20(2,18)19)7-14(10)16-8-11-4-5-12(17)9-15-11/h3-7,9,16-17H,8H2,1-2H3. The molecule has 0 unspecified atom stereocenters. The summed E-state index contributed by atoms with van der Waals surface area (Å²) in [5.41, 5.74) is 2.46. The largest absolute Gasteiger partial charge is 0.506 e. The molecule has 0 aliphatic rings. The normalized spacial score (nSPS) is 11.3. The number of nitrogens with one attached hydrogen (secondary N) is 1. The number of hydrogen-bond acceptors (Lipinski definition) is 5. The number of aromatic hydroxyl groups is 1. The van der Waals surface area contributed by atoms with E-state index in [-0.39, 0.29) is 10.6 Å². The van der Waals surface area contributed by atoms with Gasteiger partial charge in [0.15, 0.2) is 9.84 Å². The molecule has 106 valence electrons. The van der Waals surface area contributed by atoms with Crippen LogP contribution in [0.25, 0.3) is 0 Å². The number of benzene rings is 1. The zero-order valence-electron chi connectivity index (χ0n) is 11.3. The fourth-order valence-electron chi connectivity index (χ4n) is 1.73. The first kappa shape index (κ1) is 14.3. The molecular weight excluding hydrogens is 276 g/mol. The summed E-state index contributed by atoms with van der Waals surface area (Å²) in [5, 5.41) is 12.3. The minimum atomic E-state index is -3.22. The fraction of sp³-hybridized carbons (Fsp3) is 0.214. The number of anilines is 1. The Morgan fingerprint density at radius 1 is 1.25 bits per heavy atom. The highest BCUT2D eigenvalue weighted by atomic mass is 32.2. The van der Waals surface area contributed by atoms with E-state index in [4.69, 9.17) is 5.11 Å².